The number of likely N-dealkylation sites (N-methyl/N-ethyl adjacent to an activating group) is 1. The van der Waals surface area contributed by atoms with E-state index in [9.17, 15) is 12.8 Å². The fourth-order valence-electron chi connectivity index (χ4n) is 4.80. The van der Waals surface area contributed by atoms with Crippen LogP contribution in [0.15, 0.2) is 67.3 Å². The monoisotopic (exact) mass is 600 g/mol. The molecule has 0 fully saturated rings. The molecule has 5 heterocycles. The van der Waals surface area contributed by atoms with Gasteiger partial charge in [-0.25, -0.2) is 27.5 Å². The number of nitrogens with zero attached hydrogens (tertiary/aromatic N) is 5. The SMILES string of the molecule is CN(C)CCOc1cncc(-c2cnc3n[nH]c(-c4cc5c(-c6cc(F)cc(CNS(C)(=O)=O)c6)ccnc5[nH]4)c3c2)c1. The number of H-pyrrole nitrogens is 2. The summed E-state index contributed by atoms with van der Waals surface area (Å²) in [7, 11) is 0.552. The molecule has 1 aromatic carbocycles. The van der Waals surface area contributed by atoms with E-state index in [2.05, 4.69) is 34.9 Å². The van der Waals surface area contributed by atoms with Crippen molar-refractivity contribution in [2.45, 2.75) is 6.54 Å². The fraction of sp³-hybridized carbons (Fsp3) is 0.200. The van der Waals surface area contributed by atoms with Gasteiger partial charge >= 0.3 is 0 Å². The third-order valence-electron chi connectivity index (χ3n) is 6.87. The first kappa shape index (κ1) is 28.4. The van der Waals surface area contributed by atoms with E-state index in [1.54, 1.807) is 36.9 Å². The van der Waals surface area contributed by atoms with Crippen molar-refractivity contribution >= 4 is 32.1 Å². The Morgan fingerprint density at radius 3 is 2.63 bits per heavy atom. The molecule has 0 saturated heterocycles. The highest BCUT2D eigenvalue weighted by Crippen LogP contribution is 2.35. The van der Waals surface area contributed by atoms with E-state index < -0.39 is 15.8 Å². The van der Waals surface area contributed by atoms with Gasteiger partial charge in [0.25, 0.3) is 0 Å². The number of fused-ring (bicyclic) bond motifs is 2. The quantitative estimate of drug-likeness (QED) is 0.211. The van der Waals surface area contributed by atoms with Gasteiger partial charge in [0.2, 0.25) is 10.0 Å². The van der Waals surface area contributed by atoms with Crippen molar-refractivity contribution in [2.75, 3.05) is 33.5 Å². The van der Waals surface area contributed by atoms with Crippen LogP contribution >= 0.6 is 0 Å². The predicted octanol–water partition coefficient (Wildman–Crippen LogP) is 4.36. The average molecular weight is 601 g/mol. The molecule has 0 amide bonds. The van der Waals surface area contributed by atoms with Crippen LogP contribution < -0.4 is 9.46 Å². The highest BCUT2D eigenvalue weighted by molar-refractivity contribution is 7.88. The lowest BCUT2D eigenvalue weighted by atomic mass is 10.0. The molecule has 0 aliphatic carbocycles. The Balaban J connectivity index is 1.35. The number of pyridine rings is 3. The molecule has 11 nitrogen and oxygen atoms in total. The van der Waals surface area contributed by atoms with Gasteiger partial charge in [0.15, 0.2) is 5.65 Å². The van der Waals surface area contributed by atoms with E-state index in [4.69, 9.17) is 4.74 Å². The van der Waals surface area contributed by atoms with Crippen LogP contribution in [0.1, 0.15) is 5.56 Å². The summed E-state index contributed by atoms with van der Waals surface area (Å²) in [5, 5.41) is 9.04. The lowest BCUT2D eigenvalue weighted by Gasteiger charge is -2.11. The molecule has 0 bridgehead atoms. The molecular weight excluding hydrogens is 571 g/mol. The van der Waals surface area contributed by atoms with Gasteiger partial charge in [0, 0.05) is 53.6 Å². The molecule has 5 aromatic heterocycles. The molecular formula is C30H29FN8O3S. The number of nitrogens with one attached hydrogen (secondary N) is 3. The third-order valence-corrected chi connectivity index (χ3v) is 7.54. The molecule has 0 unspecified atom stereocenters. The maximum Gasteiger partial charge on any atom is 0.209 e. The lowest BCUT2D eigenvalue weighted by Crippen LogP contribution is -2.21. The Morgan fingerprint density at radius 2 is 1.81 bits per heavy atom. The Morgan fingerprint density at radius 1 is 0.977 bits per heavy atom. The molecule has 0 spiro atoms. The van der Waals surface area contributed by atoms with E-state index >= 15 is 0 Å². The summed E-state index contributed by atoms with van der Waals surface area (Å²) in [6, 6.07) is 12.1. The van der Waals surface area contributed by atoms with Crippen LogP contribution in [0.4, 0.5) is 4.39 Å². The normalized spacial score (nSPS) is 12.0. The molecule has 3 N–H and O–H groups in total. The minimum Gasteiger partial charge on any atom is -0.491 e. The van der Waals surface area contributed by atoms with Crippen molar-refractivity contribution in [3.63, 3.8) is 0 Å². The summed E-state index contributed by atoms with van der Waals surface area (Å²) < 4.78 is 46.0. The topological polar surface area (TPSA) is 142 Å². The smallest absolute Gasteiger partial charge is 0.209 e. The standard InChI is InChI=1S/C30H29FN8O3S/c1-39(2)6-7-42-23-11-20(15-32-17-23)21-12-26-28(37-38-30(26)34-16-21)27-13-25-24(4-5-33-29(25)36-27)19-8-18(9-22(31)10-19)14-35-43(3,40)41/h4-5,8-13,15-17,35H,6-7,14H2,1-3H3,(H,33,36)(H,34,37,38). The Bertz CT molecular complexity index is 2060. The van der Waals surface area contributed by atoms with Crippen LogP contribution in [0.2, 0.25) is 0 Å². The molecule has 0 aliphatic heterocycles. The molecule has 13 heteroatoms. The second kappa shape index (κ2) is 11.5. The van der Waals surface area contributed by atoms with E-state index in [-0.39, 0.29) is 6.54 Å². The van der Waals surface area contributed by atoms with Crippen molar-refractivity contribution in [1.82, 2.24) is 39.8 Å². The zero-order chi connectivity index (χ0) is 30.1. The summed E-state index contributed by atoms with van der Waals surface area (Å²) in [5.74, 6) is 0.206. The molecule has 0 aliphatic rings. The first-order valence-electron chi connectivity index (χ1n) is 13.4. The number of ether oxygens (including phenoxy) is 1. The number of aromatic nitrogens is 6. The second-order valence-corrected chi connectivity index (χ2v) is 12.3. The van der Waals surface area contributed by atoms with E-state index in [0.717, 1.165) is 51.7 Å². The van der Waals surface area contributed by atoms with Crippen molar-refractivity contribution in [3.05, 3.63) is 78.6 Å². The van der Waals surface area contributed by atoms with Gasteiger partial charge in [-0.05, 0) is 73.3 Å². The van der Waals surface area contributed by atoms with Crippen LogP contribution in [0.25, 0.3) is 55.7 Å². The van der Waals surface area contributed by atoms with Gasteiger partial charge in [-0.15, -0.1) is 0 Å². The number of hydrogen-bond donors (Lipinski definition) is 3. The summed E-state index contributed by atoms with van der Waals surface area (Å²) >= 11 is 0. The first-order valence-corrected chi connectivity index (χ1v) is 15.3. The molecule has 0 radical (unpaired) electrons. The van der Waals surface area contributed by atoms with Crippen LogP contribution in [-0.4, -0.2) is 77.0 Å². The minimum absolute atomic E-state index is 0.0215. The molecule has 0 saturated carbocycles. The number of sulfonamides is 1. The zero-order valence-corrected chi connectivity index (χ0v) is 24.5. The number of rotatable bonds is 10. The average Bonchev–Trinajstić information content (AvgIpc) is 3.59. The number of aromatic amines is 2. The third kappa shape index (κ3) is 6.38. The summed E-state index contributed by atoms with van der Waals surface area (Å²) in [6.07, 6.45) is 7.91. The molecule has 0 atom stereocenters. The van der Waals surface area contributed by atoms with Gasteiger partial charge in [-0.3, -0.25) is 10.1 Å². The highest BCUT2D eigenvalue weighted by Gasteiger charge is 2.16. The van der Waals surface area contributed by atoms with Crippen molar-refractivity contribution in [1.29, 1.82) is 0 Å². The molecule has 6 rings (SSSR count). The van der Waals surface area contributed by atoms with Crippen molar-refractivity contribution in [2.24, 2.45) is 0 Å². The van der Waals surface area contributed by atoms with Gasteiger partial charge in [-0.1, -0.05) is 0 Å². The Kier molecular flexibility index (Phi) is 7.61. The molecule has 220 valence electrons. The minimum atomic E-state index is -3.43. The number of hydrogen-bond acceptors (Lipinski definition) is 8. The maximum absolute atomic E-state index is 14.6. The van der Waals surface area contributed by atoms with Gasteiger partial charge in [0.1, 0.15) is 23.8 Å². The van der Waals surface area contributed by atoms with E-state index in [0.29, 0.717) is 34.8 Å². The first-order chi connectivity index (χ1) is 20.6. The fourth-order valence-corrected chi connectivity index (χ4v) is 5.23. The Labute approximate surface area is 247 Å². The van der Waals surface area contributed by atoms with Crippen LogP contribution in [-0.2, 0) is 16.6 Å². The highest BCUT2D eigenvalue weighted by atomic mass is 32.2. The van der Waals surface area contributed by atoms with Crippen molar-refractivity contribution in [3.8, 4) is 39.4 Å². The predicted molar refractivity (Wildman–Crippen MR) is 163 cm³/mol. The summed E-state index contributed by atoms with van der Waals surface area (Å²) in [5.41, 5.74) is 6.15. The number of halogens is 1. The van der Waals surface area contributed by atoms with Gasteiger partial charge in [-0.2, -0.15) is 5.10 Å². The zero-order valence-electron chi connectivity index (χ0n) is 23.7. The maximum atomic E-state index is 14.6. The molecule has 43 heavy (non-hydrogen) atoms. The van der Waals surface area contributed by atoms with Crippen LogP contribution in [0.5, 0.6) is 5.75 Å². The summed E-state index contributed by atoms with van der Waals surface area (Å²) in [6.45, 7) is 1.32. The lowest BCUT2D eigenvalue weighted by molar-refractivity contribution is 0.261. The molecule has 6 aromatic rings. The Hall–Kier alpha value is -4.72. The number of benzene rings is 1. The summed E-state index contributed by atoms with van der Waals surface area (Å²) in [4.78, 5) is 18.8. The van der Waals surface area contributed by atoms with Crippen LogP contribution in [0, 0.1) is 5.82 Å². The van der Waals surface area contributed by atoms with Crippen LogP contribution in [0.3, 0.4) is 0 Å². The second-order valence-electron chi connectivity index (χ2n) is 10.5. The largest absolute Gasteiger partial charge is 0.491 e. The van der Waals surface area contributed by atoms with Gasteiger partial charge in [0.05, 0.1) is 23.8 Å². The van der Waals surface area contributed by atoms with Gasteiger partial charge < -0.3 is 14.6 Å². The van der Waals surface area contributed by atoms with E-state index in [1.165, 1.54) is 12.1 Å². The van der Waals surface area contributed by atoms with Crippen molar-refractivity contribution < 1.29 is 17.5 Å². The van der Waals surface area contributed by atoms with E-state index in [1.807, 2.05) is 37.2 Å².